The minimum atomic E-state index is -4.61. The van der Waals surface area contributed by atoms with Gasteiger partial charge >= 0.3 is 0 Å². The van der Waals surface area contributed by atoms with Gasteiger partial charge in [-0.15, -0.1) is 0 Å². The van der Waals surface area contributed by atoms with Gasteiger partial charge in [0.25, 0.3) is 7.82 Å². The number of amides is 1. The van der Waals surface area contributed by atoms with Crippen LogP contribution in [0.5, 0.6) is 0 Å². The van der Waals surface area contributed by atoms with Crippen molar-refractivity contribution in [3.8, 4) is 0 Å². The Morgan fingerprint density at radius 3 is 1.70 bits per heavy atom. The number of unbranched alkanes of at least 4 members (excludes halogenated alkanes) is 11. The van der Waals surface area contributed by atoms with Crippen LogP contribution in [0.3, 0.4) is 0 Å². The van der Waals surface area contributed by atoms with Crippen molar-refractivity contribution in [2.24, 2.45) is 0 Å². The highest BCUT2D eigenvalue weighted by Gasteiger charge is 2.23. The maximum Gasteiger partial charge on any atom is 0.268 e. The second kappa shape index (κ2) is 36.3. The van der Waals surface area contributed by atoms with Crippen molar-refractivity contribution in [1.82, 2.24) is 5.32 Å². The first-order chi connectivity index (χ1) is 26.0. The van der Waals surface area contributed by atoms with Gasteiger partial charge in [-0.1, -0.05) is 137 Å². The largest absolute Gasteiger partial charge is 0.756 e. The predicted molar refractivity (Wildman–Crippen MR) is 228 cm³/mol. The minimum Gasteiger partial charge on any atom is -0.756 e. The summed E-state index contributed by atoms with van der Waals surface area (Å²) < 4.78 is 23.1. The lowest BCUT2D eigenvalue weighted by atomic mass is 10.1. The molecule has 3 unspecified atom stereocenters. The Morgan fingerprint density at radius 1 is 0.667 bits per heavy atom. The second-order valence-electron chi connectivity index (χ2n) is 14.9. The number of hydrogen-bond donors (Lipinski definition) is 2. The number of phosphoric acid groups is 1. The van der Waals surface area contributed by atoms with Crippen LogP contribution >= 0.6 is 7.82 Å². The number of quaternary nitrogens is 1. The van der Waals surface area contributed by atoms with Crippen LogP contribution < -0.4 is 10.2 Å². The molecule has 0 aliphatic carbocycles. The van der Waals surface area contributed by atoms with Gasteiger partial charge in [0.15, 0.2) is 0 Å². The van der Waals surface area contributed by atoms with Crippen LogP contribution in [-0.2, 0) is 18.4 Å². The van der Waals surface area contributed by atoms with E-state index in [1.54, 1.807) is 6.08 Å². The Bertz CT molecular complexity index is 1150. The van der Waals surface area contributed by atoms with Gasteiger partial charge in [0.2, 0.25) is 5.91 Å². The predicted octanol–water partition coefficient (Wildman–Crippen LogP) is 10.8. The number of rotatable bonds is 36. The lowest BCUT2D eigenvalue weighted by molar-refractivity contribution is -0.870. The number of hydrogen-bond acceptors (Lipinski definition) is 6. The third kappa shape index (κ3) is 38.0. The summed E-state index contributed by atoms with van der Waals surface area (Å²) in [6.07, 6.45) is 49.1. The van der Waals surface area contributed by atoms with Gasteiger partial charge in [-0.3, -0.25) is 9.36 Å². The van der Waals surface area contributed by atoms with Crippen molar-refractivity contribution in [2.75, 3.05) is 40.9 Å². The van der Waals surface area contributed by atoms with E-state index in [0.29, 0.717) is 17.4 Å². The van der Waals surface area contributed by atoms with Crippen molar-refractivity contribution < 1.29 is 32.9 Å². The fraction of sp³-hybridized carbons (Fsp3) is 0.667. The molecule has 8 nitrogen and oxygen atoms in total. The summed E-state index contributed by atoms with van der Waals surface area (Å²) in [4.78, 5) is 25.2. The SMILES string of the molecule is CC/C=C\C/C=C\C/C=C\C/C=C\CCCCCCC(=O)NC(COP(=O)([O-])OCC[N+](C)(C)C)C(O)/C=C/CC/C=C/CC/C=C/CCCCCCC. The number of aliphatic hydroxyl groups is 1. The zero-order chi connectivity index (χ0) is 40.0. The van der Waals surface area contributed by atoms with Crippen LogP contribution in [0.25, 0.3) is 0 Å². The van der Waals surface area contributed by atoms with Crippen molar-refractivity contribution in [3.63, 3.8) is 0 Å². The van der Waals surface area contributed by atoms with E-state index < -0.39 is 26.6 Å². The van der Waals surface area contributed by atoms with Crippen LogP contribution in [-0.4, -0.2) is 68.5 Å². The van der Waals surface area contributed by atoms with Crippen molar-refractivity contribution in [3.05, 3.63) is 85.1 Å². The van der Waals surface area contributed by atoms with Gasteiger partial charge in [0.05, 0.1) is 39.9 Å². The third-order valence-corrected chi connectivity index (χ3v) is 9.53. The summed E-state index contributed by atoms with van der Waals surface area (Å²) in [5, 5.41) is 13.7. The highest BCUT2D eigenvalue weighted by Crippen LogP contribution is 2.38. The lowest BCUT2D eigenvalue weighted by Gasteiger charge is -2.29. The van der Waals surface area contributed by atoms with Crippen LogP contribution in [0, 0.1) is 0 Å². The summed E-state index contributed by atoms with van der Waals surface area (Å²) in [7, 11) is 1.20. The maximum atomic E-state index is 12.8. The van der Waals surface area contributed by atoms with E-state index in [1.165, 1.54) is 32.1 Å². The van der Waals surface area contributed by atoms with E-state index >= 15 is 0 Å². The molecule has 0 aromatic heterocycles. The number of phosphoric ester groups is 1. The third-order valence-electron chi connectivity index (χ3n) is 8.57. The molecule has 54 heavy (non-hydrogen) atoms. The molecular formula is C45H79N2O6P. The average molecular weight is 775 g/mol. The number of likely N-dealkylation sites (N-methyl/N-ethyl adjacent to an activating group) is 1. The van der Waals surface area contributed by atoms with Crippen molar-refractivity contribution in [1.29, 1.82) is 0 Å². The number of allylic oxidation sites excluding steroid dienone is 13. The second-order valence-corrected chi connectivity index (χ2v) is 16.3. The first-order valence-electron chi connectivity index (χ1n) is 20.9. The van der Waals surface area contributed by atoms with E-state index in [9.17, 15) is 19.4 Å². The number of nitrogens with one attached hydrogen (secondary N) is 1. The van der Waals surface area contributed by atoms with E-state index in [1.807, 2.05) is 27.2 Å². The Labute approximate surface area is 331 Å². The summed E-state index contributed by atoms with van der Waals surface area (Å²) in [6, 6.07) is -0.926. The van der Waals surface area contributed by atoms with Crippen LogP contribution in [0.1, 0.15) is 142 Å². The molecule has 3 atom stereocenters. The molecule has 310 valence electrons. The number of carbonyl (C=O) groups excluding carboxylic acids is 1. The monoisotopic (exact) mass is 775 g/mol. The molecule has 2 N–H and O–H groups in total. The summed E-state index contributed by atoms with van der Waals surface area (Å²) in [5.41, 5.74) is 0. The molecule has 9 heteroatoms. The highest BCUT2D eigenvalue weighted by molar-refractivity contribution is 7.45. The van der Waals surface area contributed by atoms with Crippen molar-refractivity contribution >= 4 is 13.7 Å². The molecule has 0 spiro atoms. The number of aliphatic hydroxyl groups excluding tert-OH is 1. The smallest absolute Gasteiger partial charge is 0.268 e. The summed E-state index contributed by atoms with van der Waals surface area (Å²) >= 11 is 0. The number of carbonyl (C=O) groups is 1. The molecule has 0 saturated carbocycles. The van der Waals surface area contributed by atoms with E-state index in [4.69, 9.17) is 9.05 Å². The lowest BCUT2D eigenvalue weighted by Crippen LogP contribution is -2.45. The molecule has 0 aliphatic rings. The molecule has 0 fully saturated rings. The molecule has 0 bridgehead atoms. The summed E-state index contributed by atoms with van der Waals surface area (Å²) in [6.45, 7) is 4.43. The van der Waals surface area contributed by atoms with Gasteiger partial charge in [0.1, 0.15) is 13.2 Å². The van der Waals surface area contributed by atoms with Gasteiger partial charge in [0, 0.05) is 6.42 Å². The fourth-order valence-electron chi connectivity index (χ4n) is 5.23. The van der Waals surface area contributed by atoms with Crippen molar-refractivity contribution in [2.45, 2.75) is 154 Å². The molecule has 0 radical (unpaired) electrons. The quantitative estimate of drug-likeness (QED) is 0.0284. The summed E-state index contributed by atoms with van der Waals surface area (Å²) in [5.74, 6) is -0.241. The Morgan fingerprint density at radius 2 is 1.15 bits per heavy atom. The van der Waals surface area contributed by atoms with Gasteiger partial charge in [-0.25, -0.2) is 0 Å². The number of nitrogens with zero attached hydrogens (tertiary/aromatic N) is 1. The van der Waals surface area contributed by atoms with E-state index in [0.717, 1.165) is 89.9 Å². The standard InChI is InChI=1S/C45H79N2O6P/c1-6-8-10-12-14-16-18-20-22-23-25-27-29-31-33-35-37-39-45(49)46-43(42-53-54(50,51)52-41-40-47(3,4)5)44(48)38-36-34-32-30-28-26-24-21-19-17-15-13-11-9-7-2/h8,10,14,16,19-22,25,27-28,30,36,38,43-44,48H,6-7,9,11-13,15,17-18,23-24,26,29,31-35,37,39-42H2,1-5H3,(H-,46,49,50,51)/b10-8-,16-14-,21-19+,22-20-,27-25-,30-28+,38-36+. The molecule has 0 aromatic carbocycles. The molecule has 0 aliphatic heterocycles. The Balaban J connectivity index is 4.62. The van der Waals surface area contributed by atoms with Crippen LogP contribution in [0.4, 0.5) is 0 Å². The topological polar surface area (TPSA) is 108 Å². The molecule has 0 heterocycles. The zero-order valence-corrected chi connectivity index (χ0v) is 35.8. The molecular weight excluding hydrogens is 695 g/mol. The van der Waals surface area contributed by atoms with E-state index in [2.05, 4.69) is 92.1 Å². The molecule has 0 rings (SSSR count). The first-order valence-corrected chi connectivity index (χ1v) is 22.4. The van der Waals surface area contributed by atoms with Crippen LogP contribution in [0.15, 0.2) is 85.1 Å². The van der Waals surface area contributed by atoms with E-state index in [-0.39, 0.29) is 12.5 Å². The highest BCUT2D eigenvalue weighted by atomic mass is 31.2. The van der Waals surface area contributed by atoms with Gasteiger partial charge < -0.3 is 28.8 Å². The average Bonchev–Trinajstić information content (AvgIpc) is 3.12. The first kappa shape index (κ1) is 51.7. The van der Waals surface area contributed by atoms with Gasteiger partial charge in [-0.05, 0) is 83.5 Å². The Kier molecular flexibility index (Phi) is 34.8. The minimum absolute atomic E-state index is 0.0189. The zero-order valence-electron chi connectivity index (χ0n) is 34.9. The Hall–Kier alpha value is -2.32. The normalized spacial score (nSPS) is 15.3. The maximum absolute atomic E-state index is 12.8. The molecule has 0 aromatic rings. The van der Waals surface area contributed by atoms with Crippen LogP contribution in [0.2, 0.25) is 0 Å². The fourth-order valence-corrected chi connectivity index (χ4v) is 5.95. The van der Waals surface area contributed by atoms with Gasteiger partial charge in [-0.2, -0.15) is 0 Å². The molecule has 0 saturated heterocycles. The molecule has 1 amide bonds.